The van der Waals surface area contributed by atoms with Gasteiger partial charge in [-0.1, -0.05) is 48.5 Å². The van der Waals surface area contributed by atoms with Gasteiger partial charge in [-0.15, -0.1) is 0 Å². The average molecular weight is 588 g/mol. The third-order valence-electron chi connectivity index (χ3n) is 7.13. The van der Waals surface area contributed by atoms with Crippen LogP contribution in [-0.2, 0) is 23.7 Å². The molecule has 1 unspecified atom stereocenters. The number of nitrogens with one attached hydrogen (secondary N) is 4. The fourth-order valence-corrected chi connectivity index (χ4v) is 6.74. The van der Waals surface area contributed by atoms with E-state index >= 15 is 0 Å². The highest BCUT2D eigenvalue weighted by atomic mass is 31.2. The second-order valence-corrected chi connectivity index (χ2v) is 14.7. The molecule has 0 aromatic carbocycles. The van der Waals surface area contributed by atoms with Gasteiger partial charge in [0.05, 0.1) is 12.3 Å². The van der Waals surface area contributed by atoms with Crippen LogP contribution in [0, 0.1) is 23.7 Å². The van der Waals surface area contributed by atoms with Crippen LogP contribution in [-0.4, -0.2) is 84.1 Å². The quantitative estimate of drug-likeness (QED) is 0.163. The minimum absolute atomic E-state index is 0.0674. The molecular formula is C28H54N5O6P. The van der Waals surface area contributed by atoms with Crippen LogP contribution in [0.3, 0.4) is 0 Å². The fourth-order valence-electron chi connectivity index (χ4n) is 5.21. The van der Waals surface area contributed by atoms with Crippen molar-refractivity contribution in [3.05, 3.63) is 0 Å². The molecule has 11 nitrogen and oxygen atoms in total. The molecule has 5 N–H and O–H groups in total. The normalized spacial score (nSPS) is 19.6. The van der Waals surface area contributed by atoms with Crippen molar-refractivity contribution >= 4 is 31.0 Å². The van der Waals surface area contributed by atoms with E-state index in [1.54, 1.807) is 0 Å². The topological polar surface area (TPSA) is 157 Å². The lowest BCUT2D eigenvalue weighted by Crippen LogP contribution is -2.52. The molecule has 0 aliphatic carbocycles. The fraction of sp³-hybridized carbons (Fsp3) is 0.857. The molecular weight excluding hydrogens is 533 g/mol. The van der Waals surface area contributed by atoms with Gasteiger partial charge >= 0.3 is 0 Å². The Morgan fingerprint density at radius 1 is 0.875 bits per heavy atom. The van der Waals surface area contributed by atoms with Crippen molar-refractivity contribution in [2.75, 3.05) is 32.6 Å². The Labute approximate surface area is 240 Å². The summed E-state index contributed by atoms with van der Waals surface area (Å²) in [7, 11) is -2.47. The first-order chi connectivity index (χ1) is 18.6. The highest BCUT2D eigenvalue weighted by Crippen LogP contribution is 2.42. The van der Waals surface area contributed by atoms with E-state index in [9.17, 15) is 28.6 Å². The van der Waals surface area contributed by atoms with E-state index < -0.39 is 43.5 Å². The number of carbonyl (C=O) groups excluding carboxylic acids is 4. The summed E-state index contributed by atoms with van der Waals surface area (Å²) < 4.78 is 13.2. The van der Waals surface area contributed by atoms with Crippen molar-refractivity contribution in [1.82, 2.24) is 26.2 Å². The smallest absolute Gasteiger partial charge is 0.243 e. The molecule has 0 bridgehead atoms. The Kier molecular flexibility index (Phi) is 15.4. The minimum Gasteiger partial charge on any atom is -0.357 e. The highest BCUT2D eigenvalue weighted by Gasteiger charge is 2.35. The summed E-state index contributed by atoms with van der Waals surface area (Å²) in [5.74, 6) is -1.96. The van der Waals surface area contributed by atoms with Crippen molar-refractivity contribution in [2.45, 2.75) is 98.7 Å². The van der Waals surface area contributed by atoms with Gasteiger partial charge in [0, 0.05) is 19.1 Å². The van der Waals surface area contributed by atoms with E-state index in [-0.39, 0.29) is 41.8 Å². The van der Waals surface area contributed by atoms with E-state index in [4.69, 9.17) is 0 Å². The van der Waals surface area contributed by atoms with Crippen LogP contribution in [0.15, 0.2) is 0 Å². The SMILES string of the molecule is CCN1CCC[C@@H]1C(=O)N[C@@H](CC(C)C)C(=O)NCP(=O)(O)C[C@@H](CC(C)C)C(=O)N[C@@H](CC(C)C)C(=O)NC. The molecule has 40 heavy (non-hydrogen) atoms. The van der Waals surface area contributed by atoms with E-state index in [0.717, 1.165) is 25.9 Å². The summed E-state index contributed by atoms with van der Waals surface area (Å²) in [5.41, 5.74) is 0. The summed E-state index contributed by atoms with van der Waals surface area (Å²) >= 11 is 0. The van der Waals surface area contributed by atoms with Gasteiger partial charge in [0.25, 0.3) is 0 Å². The third-order valence-corrected chi connectivity index (χ3v) is 8.80. The van der Waals surface area contributed by atoms with Crippen molar-refractivity contribution in [3.8, 4) is 0 Å². The molecule has 1 aliphatic heterocycles. The van der Waals surface area contributed by atoms with Crippen LogP contribution < -0.4 is 21.3 Å². The predicted molar refractivity (Wildman–Crippen MR) is 158 cm³/mol. The molecule has 1 heterocycles. The molecule has 1 fully saturated rings. The molecule has 0 saturated carbocycles. The van der Waals surface area contributed by atoms with Crippen molar-refractivity contribution in [2.24, 2.45) is 23.7 Å². The number of hydrogen-bond donors (Lipinski definition) is 5. The van der Waals surface area contributed by atoms with Gasteiger partial charge in [0.2, 0.25) is 31.0 Å². The van der Waals surface area contributed by atoms with E-state index in [2.05, 4.69) is 26.2 Å². The molecule has 1 rings (SSSR count). The summed E-state index contributed by atoms with van der Waals surface area (Å²) in [5, 5.41) is 10.8. The molecule has 1 saturated heterocycles. The summed E-state index contributed by atoms with van der Waals surface area (Å²) in [6.07, 6.45) is 2.01. The lowest BCUT2D eigenvalue weighted by Gasteiger charge is -2.27. The Hall–Kier alpha value is -1.97. The number of likely N-dealkylation sites (tertiary alicyclic amines) is 1. The maximum atomic E-state index is 13.2. The van der Waals surface area contributed by atoms with E-state index in [1.165, 1.54) is 7.05 Å². The number of likely N-dealkylation sites (N-methyl/N-ethyl adjacent to an activating group) is 2. The van der Waals surface area contributed by atoms with Crippen molar-refractivity contribution < 1.29 is 28.6 Å². The number of carbonyl (C=O) groups is 4. The van der Waals surface area contributed by atoms with Crippen LogP contribution >= 0.6 is 7.37 Å². The number of amides is 4. The van der Waals surface area contributed by atoms with Crippen molar-refractivity contribution in [3.63, 3.8) is 0 Å². The second kappa shape index (κ2) is 17.1. The maximum Gasteiger partial charge on any atom is 0.243 e. The first-order valence-electron chi connectivity index (χ1n) is 14.7. The van der Waals surface area contributed by atoms with Crippen LogP contribution in [0.2, 0.25) is 0 Å². The zero-order valence-corrected chi connectivity index (χ0v) is 26.7. The average Bonchev–Trinajstić information content (AvgIpc) is 3.33. The van der Waals surface area contributed by atoms with Gasteiger partial charge in [-0.25, -0.2) is 0 Å². The Morgan fingerprint density at radius 2 is 1.43 bits per heavy atom. The lowest BCUT2D eigenvalue weighted by atomic mass is 9.96. The zero-order valence-electron chi connectivity index (χ0n) is 25.8. The first-order valence-corrected chi connectivity index (χ1v) is 16.8. The van der Waals surface area contributed by atoms with Crippen molar-refractivity contribution in [1.29, 1.82) is 0 Å². The summed E-state index contributed by atoms with van der Waals surface area (Å²) in [6, 6.07) is -1.85. The van der Waals surface area contributed by atoms with E-state index in [1.807, 2.05) is 48.5 Å². The van der Waals surface area contributed by atoms with Crippen LogP contribution in [0.25, 0.3) is 0 Å². The lowest BCUT2D eigenvalue weighted by molar-refractivity contribution is -0.131. The maximum absolute atomic E-state index is 13.2. The second-order valence-electron chi connectivity index (χ2n) is 12.3. The minimum atomic E-state index is -3.97. The number of hydrogen-bond acceptors (Lipinski definition) is 6. The molecule has 232 valence electrons. The van der Waals surface area contributed by atoms with Gasteiger partial charge < -0.3 is 26.2 Å². The van der Waals surface area contributed by atoms with Gasteiger partial charge in [-0.2, -0.15) is 0 Å². The molecule has 0 radical (unpaired) electrons. The Bertz CT molecular complexity index is 896. The molecule has 0 aromatic rings. The molecule has 0 spiro atoms. The summed E-state index contributed by atoms with van der Waals surface area (Å²) in [4.78, 5) is 64.4. The first kappa shape index (κ1) is 36.1. The number of rotatable bonds is 17. The molecule has 0 aromatic heterocycles. The monoisotopic (exact) mass is 587 g/mol. The third kappa shape index (κ3) is 12.7. The molecule has 1 aliphatic rings. The molecule has 12 heteroatoms. The number of nitrogens with zero attached hydrogens (tertiary/aromatic N) is 1. The largest absolute Gasteiger partial charge is 0.357 e. The Morgan fingerprint density at radius 3 is 1.93 bits per heavy atom. The van der Waals surface area contributed by atoms with Crippen LogP contribution in [0.1, 0.15) is 80.6 Å². The molecule has 5 atom stereocenters. The van der Waals surface area contributed by atoms with E-state index in [0.29, 0.717) is 19.3 Å². The zero-order chi connectivity index (χ0) is 30.6. The standard InChI is InChI=1S/C28H54N5O6P/c1-9-33-12-10-11-24(33)28(37)32-23(15-20(6)7)27(36)30-17-40(38,39)16-21(13-18(2)3)25(34)31-22(14-19(4)5)26(35)29-8/h18-24H,9-17H2,1-8H3,(H,29,35)(H,30,36)(H,31,34)(H,32,37)(H,38,39)/t21-,22+,23+,24-/m1/s1. The van der Waals surface area contributed by atoms with Gasteiger partial charge in [-0.3, -0.25) is 28.6 Å². The van der Waals surface area contributed by atoms with Gasteiger partial charge in [0.15, 0.2) is 0 Å². The summed E-state index contributed by atoms with van der Waals surface area (Å²) in [6.45, 7) is 15.2. The van der Waals surface area contributed by atoms with Gasteiger partial charge in [-0.05, 0) is 62.9 Å². The van der Waals surface area contributed by atoms with Crippen LogP contribution in [0.5, 0.6) is 0 Å². The predicted octanol–water partition coefficient (Wildman–Crippen LogP) is 2.28. The van der Waals surface area contributed by atoms with Gasteiger partial charge in [0.1, 0.15) is 12.1 Å². The highest BCUT2D eigenvalue weighted by molar-refractivity contribution is 7.58. The molecule has 4 amide bonds. The van der Waals surface area contributed by atoms with Crippen LogP contribution in [0.4, 0.5) is 0 Å². The Balaban J connectivity index is 2.91.